The first-order valence-electron chi connectivity index (χ1n) is 7.26. The SMILES string of the molecule is C=CCN(Cc1ccco1)C(=O)[C@@H]1C[C@H]1c1ccccc1. The molecule has 3 rings (SSSR count). The molecular formula is C18H19NO2. The zero-order chi connectivity index (χ0) is 14.7. The monoisotopic (exact) mass is 281 g/mol. The van der Waals surface area contributed by atoms with E-state index in [2.05, 4.69) is 18.7 Å². The van der Waals surface area contributed by atoms with Crippen LogP contribution in [0.15, 0.2) is 65.8 Å². The molecule has 1 amide bonds. The minimum Gasteiger partial charge on any atom is -0.467 e. The lowest BCUT2D eigenvalue weighted by molar-refractivity contribution is -0.133. The molecule has 1 aromatic heterocycles. The summed E-state index contributed by atoms with van der Waals surface area (Å²) in [5.41, 5.74) is 1.26. The Morgan fingerprint density at radius 1 is 1.29 bits per heavy atom. The van der Waals surface area contributed by atoms with Gasteiger partial charge in [0.1, 0.15) is 5.76 Å². The fourth-order valence-electron chi connectivity index (χ4n) is 2.75. The van der Waals surface area contributed by atoms with Crippen LogP contribution in [0.5, 0.6) is 0 Å². The number of hydrogen-bond donors (Lipinski definition) is 0. The van der Waals surface area contributed by atoms with E-state index < -0.39 is 0 Å². The van der Waals surface area contributed by atoms with Crippen LogP contribution < -0.4 is 0 Å². The highest BCUT2D eigenvalue weighted by Gasteiger charge is 2.45. The first-order valence-corrected chi connectivity index (χ1v) is 7.26. The molecule has 0 bridgehead atoms. The van der Waals surface area contributed by atoms with Gasteiger partial charge < -0.3 is 9.32 Å². The van der Waals surface area contributed by atoms with Crippen molar-refractivity contribution in [3.63, 3.8) is 0 Å². The van der Waals surface area contributed by atoms with Gasteiger partial charge in [-0.3, -0.25) is 4.79 Å². The van der Waals surface area contributed by atoms with Gasteiger partial charge in [0, 0.05) is 12.5 Å². The summed E-state index contributed by atoms with van der Waals surface area (Å²) in [6, 6.07) is 14.0. The lowest BCUT2D eigenvalue weighted by Crippen LogP contribution is -2.32. The standard InChI is InChI=1S/C18H19NO2/c1-2-10-19(13-15-9-6-11-21-15)18(20)17-12-16(17)14-7-4-3-5-8-14/h2-9,11,16-17H,1,10,12-13H2/t16-,17+/m0/s1. The average Bonchev–Trinajstić information content (AvgIpc) is 3.16. The van der Waals surface area contributed by atoms with Crippen LogP contribution in [0.2, 0.25) is 0 Å². The summed E-state index contributed by atoms with van der Waals surface area (Å²) in [5, 5.41) is 0. The van der Waals surface area contributed by atoms with Crippen molar-refractivity contribution in [2.24, 2.45) is 5.92 Å². The zero-order valence-corrected chi connectivity index (χ0v) is 11.9. The second-order valence-electron chi connectivity index (χ2n) is 5.45. The van der Waals surface area contributed by atoms with E-state index in [0.717, 1.165) is 12.2 Å². The summed E-state index contributed by atoms with van der Waals surface area (Å²) in [5.74, 6) is 1.46. The summed E-state index contributed by atoms with van der Waals surface area (Å²) in [6.07, 6.45) is 4.34. The molecule has 0 aliphatic heterocycles. The number of carbonyl (C=O) groups excluding carboxylic acids is 1. The molecule has 1 heterocycles. The smallest absolute Gasteiger partial charge is 0.227 e. The van der Waals surface area contributed by atoms with E-state index in [1.165, 1.54) is 5.56 Å². The zero-order valence-electron chi connectivity index (χ0n) is 11.9. The van der Waals surface area contributed by atoms with Crippen LogP contribution in [0.3, 0.4) is 0 Å². The van der Waals surface area contributed by atoms with Crippen molar-refractivity contribution in [2.75, 3.05) is 6.54 Å². The van der Waals surface area contributed by atoms with E-state index in [-0.39, 0.29) is 11.8 Å². The molecule has 0 unspecified atom stereocenters. The van der Waals surface area contributed by atoms with Gasteiger partial charge in [0.25, 0.3) is 0 Å². The number of benzene rings is 1. The Morgan fingerprint density at radius 2 is 2.10 bits per heavy atom. The second-order valence-corrected chi connectivity index (χ2v) is 5.45. The van der Waals surface area contributed by atoms with Gasteiger partial charge in [0.15, 0.2) is 0 Å². The Balaban J connectivity index is 1.67. The third kappa shape index (κ3) is 3.07. The molecule has 1 aliphatic carbocycles. The topological polar surface area (TPSA) is 33.5 Å². The average molecular weight is 281 g/mol. The maximum atomic E-state index is 12.6. The van der Waals surface area contributed by atoms with Crippen LogP contribution in [0.1, 0.15) is 23.7 Å². The third-order valence-corrected chi connectivity index (χ3v) is 3.92. The van der Waals surface area contributed by atoms with Crippen molar-refractivity contribution in [3.8, 4) is 0 Å². The maximum Gasteiger partial charge on any atom is 0.227 e. The first kappa shape index (κ1) is 13.7. The van der Waals surface area contributed by atoms with Crippen molar-refractivity contribution in [3.05, 3.63) is 72.7 Å². The lowest BCUT2D eigenvalue weighted by Gasteiger charge is -2.20. The van der Waals surface area contributed by atoms with Gasteiger partial charge in [0.2, 0.25) is 5.91 Å². The Bertz CT molecular complexity index is 603. The van der Waals surface area contributed by atoms with E-state index in [0.29, 0.717) is 19.0 Å². The van der Waals surface area contributed by atoms with E-state index in [1.807, 2.05) is 35.2 Å². The van der Waals surface area contributed by atoms with Crippen LogP contribution in [0.25, 0.3) is 0 Å². The van der Waals surface area contributed by atoms with Crippen LogP contribution in [-0.4, -0.2) is 17.4 Å². The fraction of sp³-hybridized carbons (Fsp3) is 0.278. The predicted octanol–water partition coefficient (Wildman–Crippen LogP) is 3.60. The molecule has 3 nitrogen and oxygen atoms in total. The van der Waals surface area contributed by atoms with Gasteiger partial charge in [-0.1, -0.05) is 36.4 Å². The Kier molecular flexibility index (Phi) is 3.91. The van der Waals surface area contributed by atoms with Crippen molar-refractivity contribution in [1.29, 1.82) is 0 Å². The number of rotatable bonds is 6. The number of nitrogens with zero attached hydrogens (tertiary/aromatic N) is 1. The summed E-state index contributed by atoms with van der Waals surface area (Å²) >= 11 is 0. The third-order valence-electron chi connectivity index (χ3n) is 3.92. The summed E-state index contributed by atoms with van der Waals surface area (Å²) in [6.45, 7) is 4.81. The molecule has 108 valence electrons. The predicted molar refractivity (Wildman–Crippen MR) is 81.6 cm³/mol. The molecular weight excluding hydrogens is 262 g/mol. The highest BCUT2D eigenvalue weighted by Crippen LogP contribution is 2.48. The van der Waals surface area contributed by atoms with Crippen LogP contribution >= 0.6 is 0 Å². The molecule has 0 radical (unpaired) electrons. The second kappa shape index (κ2) is 6.00. The molecule has 1 aromatic carbocycles. The quantitative estimate of drug-likeness (QED) is 0.758. The molecule has 1 saturated carbocycles. The number of amides is 1. The summed E-state index contributed by atoms with van der Waals surface area (Å²) in [4.78, 5) is 14.5. The number of hydrogen-bond acceptors (Lipinski definition) is 2. The molecule has 1 fully saturated rings. The Labute approximate surface area is 124 Å². The van der Waals surface area contributed by atoms with Crippen molar-refractivity contribution in [1.82, 2.24) is 4.90 Å². The lowest BCUT2D eigenvalue weighted by atomic mass is 10.1. The number of carbonyl (C=O) groups is 1. The maximum absolute atomic E-state index is 12.6. The highest BCUT2D eigenvalue weighted by atomic mass is 16.3. The molecule has 3 heteroatoms. The van der Waals surface area contributed by atoms with Crippen molar-refractivity contribution < 1.29 is 9.21 Å². The molecule has 21 heavy (non-hydrogen) atoms. The minimum atomic E-state index is 0.0994. The van der Waals surface area contributed by atoms with Gasteiger partial charge in [0.05, 0.1) is 12.8 Å². The van der Waals surface area contributed by atoms with Crippen LogP contribution in [-0.2, 0) is 11.3 Å². The molecule has 1 aliphatic rings. The molecule has 0 saturated heterocycles. The first-order chi connectivity index (χ1) is 10.3. The van der Waals surface area contributed by atoms with Gasteiger partial charge in [-0.15, -0.1) is 6.58 Å². The largest absolute Gasteiger partial charge is 0.467 e. The summed E-state index contributed by atoms with van der Waals surface area (Å²) < 4.78 is 5.34. The molecule has 2 atom stereocenters. The van der Waals surface area contributed by atoms with Gasteiger partial charge in [-0.25, -0.2) is 0 Å². The molecule has 2 aromatic rings. The number of furan rings is 1. The van der Waals surface area contributed by atoms with E-state index >= 15 is 0 Å². The molecule has 0 N–H and O–H groups in total. The minimum absolute atomic E-state index is 0.0994. The van der Waals surface area contributed by atoms with Crippen LogP contribution in [0, 0.1) is 5.92 Å². The highest BCUT2D eigenvalue weighted by molar-refractivity contribution is 5.83. The van der Waals surface area contributed by atoms with E-state index in [9.17, 15) is 4.79 Å². The normalized spacial score (nSPS) is 20.0. The van der Waals surface area contributed by atoms with E-state index in [4.69, 9.17) is 4.42 Å². The van der Waals surface area contributed by atoms with Crippen molar-refractivity contribution >= 4 is 5.91 Å². The van der Waals surface area contributed by atoms with Gasteiger partial charge in [-0.2, -0.15) is 0 Å². The Hall–Kier alpha value is -2.29. The van der Waals surface area contributed by atoms with Crippen LogP contribution in [0.4, 0.5) is 0 Å². The van der Waals surface area contributed by atoms with Crippen molar-refractivity contribution in [2.45, 2.75) is 18.9 Å². The summed E-state index contributed by atoms with van der Waals surface area (Å²) in [7, 11) is 0. The van der Waals surface area contributed by atoms with Gasteiger partial charge in [-0.05, 0) is 30.0 Å². The molecule has 0 spiro atoms. The van der Waals surface area contributed by atoms with E-state index in [1.54, 1.807) is 12.3 Å². The Morgan fingerprint density at radius 3 is 2.76 bits per heavy atom. The fourth-order valence-corrected chi connectivity index (χ4v) is 2.75. The van der Waals surface area contributed by atoms with Gasteiger partial charge >= 0.3 is 0 Å².